The van der Waals surface area contributed by atoms with E-state index >= 15 is 0 Å². The summed E-state index contributed by atoms with van der Waals surface area (Å²) < 4.78 is 5.86. The molecule has 2 bridgehead atoms. The van der Waals surface area contributed by atoms with E-state index in [0.717, 1.165) is 11.3 Å². The van der Waals surface area contributed by atoms with Crippen LogP contribution in [-0.2, 0) is 54.3 Å². The molecule has 7 N–H and O–H groups in total. The maximum atomic E-state index is 14.8. The van der Waals surface area contributed by atoms with Gasteiger partial charge >= 0.3 is 11.9 Å². The lowest BCUT2D eigenvalue weighted by Gasteiger charge is -2.43. The van der Waals surface area contributed by atoms with Crippen molar-refractivity contribution in [2.24, 2.45) is 11.8 Å². The number of carbonyl (C=O) groups is 9. The number of unbranched alkanes of at least 4 members (excludes halogenated alkanes) is 3. The number of rotatable bonds is 19. The van der Waals surface area contributed by atoms with Crippen LogP contribution in [0.15, 0.2) is 30.3 Å². The molecule has 0 saturated carbocycles. The predicted molar refractivity (Wildman–Crippen MR) is 251 cm³/mol. The Labute approximate surface area is 400 Å². The van der Waals surface area contributed by atoms with Gasteiger partial charge in [-0.3, -0.25) is 38.4 Å². The van der Waals surface area contributed by atoms with Crippen molar-refractivity contribution in [1.82, 2.24) is 41.3 Å². The van der Waals surface area contributed by atoms with Crippen LogP contribution in [-0.4, -0.2) is 161 Å². The van der Waals surface area contributed by atoms with Gasteiger partial charge in [-0.1, -0.05) is 77.8 Å². The number of benzene rings is 1. The van der Waals surface area contributed by atoms with E-state index in [4.69, 9.17) is 4.74 Å². The van der Waals surface area contributed by atoms with Crippen LogP contribution in [0.1, 0.15) is 118 Å². The molecule has 20 nitrogen and oxygen atoms in total. The monoisotopic (exact) mass is 957 g/mol. The Bertz CT molecular complexity index is 1900. The van der Waals surface area contributed by atoms with Gasteiger partial charge in [-0.25, -0.2) is 4.79 Å². The van der Waals surface area contributed by atoms with E-state index in [0.29, 0.717) is 37.8 Å². The average Bonchev–Trinajstić information content (AvgIpc) is 3.26. The second-order valence-corrected chi connectivity index (χ2v) is 19.1. The second-order valence-electron chi connectivity index (χ2n) is 19.1. The topological polar surface area (TPSA) is 273 Å². The molecule has 2 fully saturated rings. The molecule has 0 aromatic heterocycles. The van der Waals surface area contributed by atoms with Crippen LogP contribution in [0.4, 0.5) is 0 Å². The Morgan fingerprint density at radius 3 is 2.15 bits per heavy atom. The summed E-state index contributed by atoms with van der Waals surface area (Å²) in [6, 6.07) is -1.13. The van der Waals surface area contributed by atoms with Crippen molar-refractivity contribution in [2.75, 3.05) is 27.7 Å². The van der Waals surface area contributed by atoms with Gasteiger partial charge in [0.1, 0.15) is 54.6 Å². The quantitative estimate of drug-likeness (QED) is 0.0761. The van der Waals surface area contributed by atoms with E-state index in [1.807, 2.05) is 39.8 Å². The molecule has 0 unspecified atom stereocenters. The van der Waals surface area contributed by atoms with E-state index in [2.05, 4.69) is 26.6 Å². The van der Waals surface area contributed by atoms with Crippen molar-refractivity contribution in [3.63, 3.8) is 0 Å². The van der Waals surface area contributed by atoms with E-state index in [9.17, 15) is 53.4 Å². The fourth-order valence-corrected chi connectivity index (χ4v) is 8.30. The Kier molecular flexibility index (Phi) is 22.8. The van der Waals surface area contributed by atoms with E-state index < -0.39 is 120 Å². The van der Waals surface area contributed by atoms with Gasteiger partial charge < -0.3 is 56.2 Å². The Balaban J connectivity index is 2.22. The molecule has 1 aromatic rings. The lowest BCUT2D eigenvalue weighted by atomic mass is 9.94. The van der Waals surface area contributed by atoms with Gasteiger partial charge in [0, 0.05) is 19.9 Å². The number of carbonyl (C=O) groups excluding carboxylic acids is 8. The molecule has 1 aromatic carbocycles. The van der Waals surface area contributed by atoms with Crippen LogP contribution in [0.3, 0.4) is 0 Å². The van der Waals surface area contributed by atoms with E-state index in [1.54, 1.807) is 44.2 Å². The van der Waals surface area contributed by atoms with Crippen molar-refractivity contribution in [3.05, 3.63) is 35.9 Å². The first-order valence-corrected chi connectivity index (χ1v) is 23.9. The van der Waals surface area contributed by atoms with Crippen molar-refractivity contribution in [1.29, 1.82) is 0 Å². The van der Waals surface area contributed by atoms with Gasteiger partial charge in [-0.15, -0.1) is 0 Å². The number of cyclic esters (lactones) is 1. The van der Waals surface area contributed by atoms with Crippen LogP contribution in [0, 0.1) is 11.8 Å². The maximum absolute atomic E-state index is 14.8. The number of nitrogens with zero attached hydrogens (tertiary/aromatic N) is 3. The molecule has 3 rings (SSSR count). The molecule has 2 heterocycles. The van der Waals surface area contributed by atoms with Crippen LogP contribution in [0.25, 0.3) is 0 Å². The number of amides is 7. The smallest absolute Gasteiger partial charge is 0.329 e. The zero-order chi connectivity index (χ0) is 50.8. The minimum absolute atomic E-state index is 0.0108. The molecule has 2 aliphatic heterocycles. The highest BCUT2D eigenvalue weighted by atomic mass is 16.5. The summed E-state index contributed by atoms with van der Waals surface area (Å²) >= 11 is 0. The van der Waals surface area contributed by atoms with Gasteiger partial charge in [0.25, 0.3) is 0 Å². The highest BCUT2D eigenvalue weighted by Crippen LogP contribution is 2.26. The van der Waals surface area contributed by atoms with Crippen molar-refractivity contribution in [2.45, 2.75) is 173 Å². The summed E-state index contributed by atoms with van der Waals surface area (Å²) in [5.74, 6) is -8.91. The van der Waals surface area contributed by atoms with E-state index in [1.165, 1.54) is 18.9 Å². The van der Waals surface area contributed by atoms with Gasteiger partial charge in [0.05, 0.1) is 6.42 Å². The third kappa shape index (κ3) is 17.2. The number of likely N-dealkylation sites (N-methyl/N-ethyl adjacent to an activating group) is 1. The van der Waals surface area contributed by atoms with Gasteiger partial charge in [-0.05, 0) is 89.9 Å². The third-order valence-corrected chi connectivity index (χ3v) is 12.2. The molecule has 20 heteroatoms. The molecule has 2 aliphatic rings. The molecular weight excluding hydrogens is 881 g/mol. The van der Waals surface area contributed by atoms with Crippen LogP contribution >= 0.6 is 0 Å². The first-order chi connectivity index (χ1) is 32.0. The van der Waals surface area contributed by atoms with Gasteiger partial charge in [0.15, 0.2) is 0 Å². The van der Waals surface area contributed by atoms with E-state index in [-0.39, 0.29) is 44.4 Å². The summed E-state index contributed by atoms with van der Waals surface area (Å²) in [5.41, 5.74) is 0.666. The zero-order valence-corrected chi connectivity index (χ0v) is 41.2. The van der Waals surface area contributed by atoms with Gasteiger partial charge in [0.2, 0.25) is 41.4 Å². The number of fused-ring (bicyclic) bond motifs is 2. The van der Waals surface area contributed by atoms with Gasteiger partial charge in [-0.2, -0.15) is 0 Å². The molecule has 0 aliphatic carbocycles. The molecule has 68 heavy (non-hydrogen) atoms. The van der Waals surface area contributed by atoms with Crippen LogP contribution in [0.5, 0.6) is 0 Å². The molecule has 0 radical (unpaired) electrons. The maximum Gasteiger partial charge on any atom is 0.329 e. The molecule has 0 spiro atoms. The molecule has 9 atom stereocenters. The number of ether oxygens (including phenoxy) is 1. The molecule has 380 valence electrons. The number of nitrogens with one attached hydrogen (secondary N) is 5. The van der Waals surface area contributed by atoms with Crippen molar-refractivity contribution in [3.8, 4) is 0 Å². The summed E-state index contributed by atoms with van der Waals surface area (Å²) in [7, 11) is 5.15. The lowest BCUT2D eigenvalue weighted by Crippen LogP contribution is -2.65. The minimum Gasteiger partial charge on any atom is -0.481 e. The SMILES string of the molecule is CCCCCC(=O)N[C@@H](CC(=O)O)C(=O)N[C@@H]1C(=O)N[C@@H](CCCCN(C)C)C(=O)N[C@H]2CC[C@@H](O)N(C2=O)[C@@H](CC(C)C)C(=O)N(C)[C@@H](Cc2ccccc2)C(=O)N[C@@H](C(C)C)C(=O)O[C@@H]1C. The summed E-state index contributed by atoms with van der Waals surface area (Å²) in [6.45, 7) is 10.8. The second kappa shape index (κ2) is 27.4. The minimum atomic E-state index is -1.80. The Morgan fingerprint density at radius 2 is 1.54 bits per heavy atom. The molecule has 7 amide bonds. The van der Waals surface area contributed by atoms with Crippen LogP contribution < -0.4 is 26.6 Å². The highest BCUT2D eigenvalue weighted by Gasteiger charge is 2.46. The third-order valence-electron chi connectivity index (χ3n) is 12.2. The molecular formula is C48H76N8O12. The van der Waals surface area contributed by atoms with Crippen molar-refractivity contribution < 1.29 is 58.1 Å². The number of hydrogen-bond acceptors (Lipinski definition) is 12. The van der Waals surface area contributed by atoms with Crippen molar-refractivity contribution >= 4 is 53.3 Å². The number of hydrogen-bond donors (Lipinski definition) is 7. The number of carboxylic acids is 1. The fourth-order valence-electron chi connectivity index (χ4n) is 8.30. The predicted octanol–water partition coefficient (Wildman–Crippen LogP) is 1.22. The Hall–Kier alpha value is -5.63. The number of aliphatic carboxylic acids is 1. The molecule has 2 saturated heterocycles. The zero-order valence-electron chi connectivity index (χ0n) is 41.2. The largest absolute Gasteiger partial charge is 0.481 e. The first-order valence-electron chi connectivity index (χ1n) is 23.9. The normalized spacial score (nSPS) is 25.1. The van der Waals surface area contributed by atoms with Crippen LogP contribution in [0.2, 0.25) is 0 Å². The standard InChI is InChI=1S/C48H76N8O12/c1-10-11-13-21-37(57)49-34(27-39(59)60)43(62)53-41-30(6)68-48(67)40(29(4)5)52-44(63)35(26-31-18-14-12-15-19-31)55(9)47(66)36(25-28(2)3)56-38(58)23-22-33(46(56)65)51-42(61)32(50-45(41)64)20-16-17-24-54(7)8/h12,14-15,18-19,28-30,32-36,38,40-41,58H,10-11,13,16-17,20-27H2,1-9H3,(H,49,57)(H,50,64)(H,51,61)(H,52,63)(H,53,62)(H,59,60)/t30-,32+,33+,34+,35+,36+,38-,40+,41+/m1/s1. The average molecular weight is 957 g/mol. The highest BCUT2D eigenvalue weighted by molar-refractivity contribution is 5.98. The number of aliphatic hydroxyl groups is 1. The number of piperidine rings is 1. The Morgan fingerprint density at radius 1 is 0.868 bits per heavy atom. The number of aliphatic hydroxyl groups excluding tert-OH is 1. The summed E-state index contributed by atoms with van der Waals surface area (Å²) in [6.07, 6.45) is -0.734. The fraction of sp³-hybridized carbons (Fsp3) is 0.688. The summed E-state index contributed by atoms with van der Waals surface area (Å²) in [4.78, 5) is 130. The summed E-state index contributed by atoms with van der Waals surface area (Å²) in [5, 5.41) is 34.2. The number of esters is 1. The number of carboxylic acid groups (broad SMARTS) is 1. The first kappa shape index (κ1) is 56.7. The lowest BCUT2D eigenvalue weighted by molar-refractivity contribution is -0.166.